The lowest BCUT2D eigenvalue weighted by atomic mass is 9.95. The largest absolute Gasteiger partial charge is 0.373 e. The average Bonchev–Trinajstić information content (AvgIpc) is 3.17. The molecule has 0 aliphatic carbocycles. The fraction of sp³-hybridized carbons (Fsp3) is 0.333. The highest BCUT2D eigenvalue weighted by Gasteiger charge is 2.29. The van der Waals surface area contributed by atoms with E-state index in [-0.39, 0.29) is 12.0 Å². The molecule has 1 amide bonds. The van der Waals surface area contributed by atoms with E-state index in [1.54, 1.807) is 12.3 Å². The van der Waals surface area contributed by atoms with Crippen LogP contribution in [-0.2, 0) is 4.74 Å². The molecule has 2 N–H and O–H groups in total. The Hall–Kier alpha value is -2.14. The van der Waals surface area contributed by atoms with Crippen LogP contribution in [0.25, 0.3) is 0 Å². The number of rotatable bonds is 4. The van der Waals surface area contributed by atoms with Crippen molar-refractivity contribution >= 4 is 5.91 Å². The molecule has 20 heavy (non-hydrogen) atoms. The van der Waals surface area contributed by atoms with E-state index in [2.05, 4.69) is 27.6 Å². The highest BCUT2D eigenvalue weighted by Crippen LogP contribution is 2.33. The van der Waals surface area contributed by atoms with Crippen molar-refractivity contribution in [2.24, 2.45) is 5.92 Å². The van der Waals surface area contributed by atoms with E-state index >= 15 is 0 Å². The molecule has 1 aliphatic heterocycles. The Kier molecular flexibility index (Phi) is 3.78. The van der Waals surface area contributed by atoms with Gasteiger partial charge in [0, 0.05) is 25.3 Å². The summed E-state index contributed by atoms with van der Waals surface area (Å²) in [5, 5.41) is 9.37. The number of aromatic nitrogens is 2. The second-order valence-electron chi connectivity index (χ2n) is 4.93. The van der Waals surface area contributed by atoms with Crippen molar-refractivity contribution in [3.8, 4) is 0 Å². The maximum Gasteiger partial charge on any atom is 0.269 e. The highest BCUT2D eigenvalue weighted by molar-refractivity contribution is 5.92. The van der Waals surface area contributed by atoms with Gasteiger partial charge in [-0.1, -0.05) is 30.3 Å². The number of H-pyrrole nitrogens is 1. The Bertz CT molecular complexity index is 554. The summed E-state index contributed by atoms with van der Waals surface area (Å²) in [7, 11) is 0. The van der Waals surface area contributed by atoms with Crippen LogP contribution in [0.4, 0.5) is 0 Å². The first-order valence-corrected chi connectivity index (χ1v) is 6.79. The molecule has 5 heteroatoms. The van der Waals surface area contributed by atoms with Gasteiger partial charge in [-0.15, -0.1) is 0 Å². The fourth-order valence-electron chi connectivity index (χ4n) is 2.56. The Balaban J connectivity index is 1.61. The molecule has 2 atom stereocenters. The number of aromatic amines is 1. The molecular weight excluding hydrogens is 254 g/mol. The van der Waals surface area contributed by atoms with E-state index in [1.165, 1.54) is 5.56 Å². The number of benzene rings is 1. The lowest BCUT2D eigenvalue weighted by molar-refractivity contribution is 0.0844. The van der Waals surface area contributed by atoms with Crippen LogP contribution in [-0.4, -0.2) is 29.3 Å². The predicted octanol–water partition coefficient (Wildman–Crippen LogP) is 1.92. The zero-order chi connectivity index (χ0) is 13.8. The Morgan fingerprint density at radius 3 is 2.95 bits per heavy atom. The Morgan fingerprint density at radius 1 is 1.35 bits per heavy atom. The summed E-state index contributed by atoms with van der Waals surface area (Å²) >= 11 is 0. The molecular formula is C15H17N3O2. The van der Waals surface area contributed by atoms with E-state index in [0.717, 1.165) is 13.0 Å². The van der Waals surface area contributed by atoms with Crippen LogP contribution in [0.2, 0.25) is 0 Å². The molecule has 0 spiro atoms. The Morgan fingerprint density at radius 2 is 2.20 bits per heavy atom. The first-order chi connectivity index (χ1) is 9.84. The van der Waals surface area contributed by atoms with Crippen LogP contribution >= 0.6 is 0 Å². The molecule has 104 valence electrons. The van der Waals surface area contributed by atoms with Crippen LogP contribution in [0.3, 0.4) is 0 Å². The summed E-state index contributed by atoms with van der Waals surface area (Å²) in [6, 6.07) is 11.8. The lowest BCUT2D eigenvalue weighted by Crippen LogP contribution is -2.30. The van der Waals surface area contributed by atoms with E-state index in [0.29, 0.717) is 18.2 Å². The smallest absolute Gasteiger partial charge is 0.269 e. The van der Waals surface area contributed by atoms with Crippen molar-refractivity contribution in [3.63, 3.8) is 0 Å². The summed E-state index contributed by atoms with van der Waals surface area (Å²) in [6.07, 6.45) is 2.60. The maximum atomic E-state index is 11.9. The third kappa shape index (κ3) is 2.72. The molecule has 3 rings (SSSR count). The number of hydrogen-bond acceptors (Lipinski definition) is 3. The average molecular weight is 271 g/mol. The number of nitrogens with one attached hydrogen (secondary N) is 2. The molecule has 2 aromatic rings. The second kappa shape index (κ2) is 5.88. The van der Waals surface area contributed by atoms with Crippen molar-refractivity contribution in [1.82, 2.24) is 15.5 Å². The molecule has 0 unspecified atom stereocenters. The second-order valence-corrected chi connectivity index (χ2v) is 4.93. The Labute approximate surface area is 117 Å². The SMILES string of the molecule is O=C(NC[C@H]1CCO[C@@H]1c1ccccc1)c1ccn[nH]1. The normalized spacial score (nSPS) is 21.8. The van der Waals surface area contributed by atoms with Crippen molar-refractivity contribution in [1.29, 1.82) is 0 Å². The monoisotopic (exact) mass is 271 g/mol. The number of carbonyl (C=O) groups excluding carboxylic acids is 1. The van der Waals surface area contributed by atoms with E-state index < -0.39 is 0 Å². The standard InChI is InChI=1S/C15H17N3O2/c19-15(13-6-8-17-18-13)16-10-12-7-9-20-14(12)11-4-2-1-3-5-11/h1-6,8,12,14H,7,9-10H2,(H,16,19)(H,17,18)/t12-,14-/m1/s1. The van der Waals surface area contributed by atoms with Gasteiger partial charge in [0.15, 0.2) is 0 Å². The zero-order valence-corrected chi connectivity index (χ0v) is 11.1. The molecule has 1 aromatic carbocycles. The van der Waals surface area contributed by atoms with Gasteiger partial charge >= 0.3 is 0 Å². The van der Waals surface area contributed by atoms with E-state index in [1.807, 2.05) is 18.2 Å². The molecule has 5 nitrogen and oxygen atoms in total. The molecule has 2 heterocycles. The highest BCUT2D eigenvalue weighted by atomic mass is 16.5. The van der Waals surface area contributed by atoms with Gasteiger partial charge in [0.2, 0.25) is 0 Å². The van der Waals surface area contributed by atoms with Crippen molar-refractivity contribution in [2.45, 2.75) is 12.5 Å². The quantitative estimate of drug-likeness (QED) is 0.892. The number of carbonyl (C=O) groups is 1. The van der Waals surface area contributed by atoms with Gasteiger partial charge in [0.05, 0.1) is 6.10 Å². The summed E-state index contributed by atoms with van der Waals surface area (Å²) in [4.78, 5) is 11.9. The zero-order valence-electron chi connectivity index (χ0n) is 11.1. The number of ether oxygens (including phenoxy) is 1. The van der Waals surface area contributed by atoms with Crippen LogP contribution in [0, 0.1) is 5.92 Å². The molecule has 1 aliphatic rings. The first kappa shape index (κ1) is 12.9. The van der Waals surface area contributed by atoms with Crippen molar-refractivity contribution in [3.05, 3.63) is 53.9 Å². The van der Waals surface area contributed by atoms with Gasteiger partial charge < -0.3 is 10.1 Å². The molecule has 0 bridgehead atoms. The topological polar surface area (TPSA) is 67.0 Å². The summed E-state index contributed by atoms with van der Waals surface area (Å²) in [5.41, 5.74) is 1.66. The van der Waals surface area contributed by atoms with E-state index in [4.69, 9.17) is 4.74 Å². The summed E-state index contributed by atoms with van der Waals surface area (Å²) < 4.78 is 5.80. The molecule has 0 radical (unpaired) electrons. The van der Waals surface area contributed by atoms with Crippen LogP contribution in [0.1, 0.15) is 28.6 Å². The van der Waals surface area contributed by atoms with Crippen molar-refractivity contribution < 1.29 is 9.53 Å². The van der Waals surface area contributed by atoms with Crippen LogP contribution in [0.15, 0.2) is 42.6 Å². The maximum absolute atomic E-state index is 11.9. The first-order valence-electron chi connectivity index (χ1n) is 6.79. The minimum atomic E-state index is -0.124. The molecule has 1 saturated heterocycles. The van der Waals surface area contributed by atoms with Gasteiger partial charge in [-0.2, -0.15) is 5.10 Å². The fourth-order valence-corrected chi connectivity index (χ4v) is 2.56. The van der Waals surface area contributed by atoms with Crippen LogP contribution in [0.5, 0.6) is 0 Å². The van der Waals surface area contributed by atoms with Crippen molar-refractivity contribution in [2.75, 3.05) is 13.2 Å². The number of nitrogens with zero attached hydrogens (tertiary/aromatic N) is 1. The van der Waals surface area contributed by atoms with Crippen LogP contribution < -0.4 is 5.32 Å². The lowest BCUT2D eigenvalue weighted by Gasteiger charge is -2.19. The number of hydrogen-bond donors (Lipinski definition) is 2. The molecule has 0 saturated carbocycles. The summed E-state index contributed by atoms with van der Waals surface area (Å²) in [6.45, 7) is 1.35. The van der Waals surface area contributed by atoms with Gasteiger partial charge in [-0.05, 0) is 18.1 Å². The van der Waals surface area contributed by atoms with Gasteiger partial charge in [-0.25, -0.2) is 0 Å². The minimum absolute atomic E-state index is 0.0678. The van der Waals surface area contributed by atoms with Gasteiger partial charge in [0.1, 0.15) is 5.69 Å². The molecule has 1 fully saturated rings. The van der Waals surface area contributed by atoms with Gasteiger partial charge in [-0.3, -0.25) is 9.89 Å². The predicted molar refractivity (Wildman–Crippen MR) is 74.2 cm³/mol. The van der Waals surface area contributed by atoms with Gasteiger partial charge in [0.25, 0.3) is 5.91 Å². The number of amides is 1. The van der Waals surface area contributed by atoms with E-state index in [9.17, 15) is 4.79 Å². The third-order valence-corrected chi connectivity index (χ3v) is 3.61. The summed E-state index contributed by atoms with van der Waals surface area (Å²) in [5.74, 6) is 0.186. The minimum Gasteiger partial charge on any atom is -0.373 e. The molecule has 1 aromatic heterocycles. The third-order valence-electron chi connectivity index (χ3n) is 3.61.